The van der Waals surface area contributed by atoms with E-state index in [0.29, 0.717) is 0 Å². The fourth-order valence-electron chi connectivity index (χ4n) is 4.18. The first-order valence-electron chi connectivity index (χ1n) is 12.2. The summed E-state index contributed by atoms with van der Waals surface area (Å²) in [4.78, 5) is 12.1. The Kier molecular flexibility index (Phi) is 7.79. The van der Waals surface area contributed by atoms with Gasteiger partial charge in [-0.3, -0.25) is 0 Å². The summed E-state index contributed by atoms with van der Waals surface area (Å²) >= 11 is 3.49. The van der Waals surface area contributed by atoms with E-state index in [4.69, 9.17) is 4.98 Å². The summed E-state index contributed by atoms with van der Waals surface area (Å²) in [6.07, 6.45) is 6.10. The molecule has 0 fully saturated rings. The third-order valence-corrected chi connectivity index (χ3v) is 7.97. The first-order chi connectivity index (χ1) is 17.7. The lowest BCUT2D eigenvalue weighted by Gasteiger charge is -2.08. The van der Waals surface area contributed by atoms with Crippen molar-refractivity contribution in [3.8, 4) is 32.3 Å². The maximum Gasteiger partial charge on any atom is 0.126 e. The fourth-order valence-corrected chi connectivity index (χ4v) is 5.68. The molecule has 5 aromatic rings. The van der Waals surface area contributed by atoms with Gasteiger partial charge in [0, 0.05) is 28.8 Å². The molecule has 0 spiro atoms. The number of nitrogens with zero attached hydrogens (tertiary/aromatic N) is 2. The molecule has 3 nitrogen and oxygen atoms in total. The molecule has 0 saturated carbocycles. The number of thiazole rings is 1. The molecule has 36 heavy (non-hydrogen) atoms. The summed E-state index contributed by atoms with van der Waals surface area (Å²) in [6, 6.07) is 32.1. The van der Waals surface area contributed by atoms with E-state index in [-0.39, 0.29) is 0 Å². The van der Waals surface area contributed by atoms with Crippen LogP contribution in [0, 0.1) is 6.92 Å². The molecule has 2 aromatic heterocycles. The minimum Gasteiger partial charge on any atom is -0.370 e. The van der Waals surface area contributed by atoms with Crippen molar-refractivity contribution in [2.45, 2.75) is 24.7 Å². The lowest BCUT2D eigenvalue weighted by molar-refractivity contribution is 0.859. The van der Waals surface area contributed by atoms with Crippen molar-refractivity contribution in [3.63, 3.8) is 0 Å². The molecule has 0 amide bonds. The Hall–Kier alpha value is -3.41. The number of aromatic nitrogens is 2. The second kappa shape index (κ2) is 11.5. The highest BCUT2D eigenvalue weighted by Gasteiger charge is 2.17. The molecule has 0 aliphatic heterocycles. The lowest BCUT2D eigenvalue weighted by atomic mass is 10.1. The topological polar surface area (TPSA) is 37.8 Å². The van der Waals surface area contributed by atoms with E-state index in [1.807, 2.05) is 6.20 Å². The van der Waals surface area contributed by atoms with Crippen LogP contribution in [0.5, 0.6) is 0 Å². The minimum atomic E-state index is 0.881. The van der Waals surface area contributed by atoms with E-state index >= 15 is 0 Å². The second-order valence-corrected chi connectivity index (χ2v) is 10.6. The smallest absolute Gasteiger partial charge is 0.126 e. The quantitative estimate of drug-likeness (QED) is 0.160. The number of hydrogen-bond acceptors (Lipinski definition) is 5. The highest BCUT2D eigenvalue weighted by Crippen LogP contribution is 2.41. The Morgan fingerprint density at radius 2 is 1.67 bits per heavy atom. The lowest BCUT2D eigenvalue weighted by Crippen LogP contribution is -2.04. The van der Waals surface area contributed by atoms with Crippen LogP contribution in [0.25, 0.3) is 32.3 Å². The van der Waals surface area contributed by atoms with Crippen molar-refractivity contribution >= 4 is 28.9 Å². The Balaban J connectivity index is 1.42. The monoisotopic (exact) mass is 507 g/mol. The summed E-state index contributed by atoms with van der Waals surface area (Å²) in [5, 5.41) is 4.55. The molecule has 0 aliphatic carbocycles. The third kappa shape index (κ3) is 5.86. The first kappa shape index (κ1) is 24.3. The zero-order valence-electron chi connectivity index (χ0n) is 20.6. The van der Waals surface area contributed by atoms with Crippen molar-refractivity contribution in [3.05, 3.63) is 108 Å². The normalized spacial score (nSPS) is 10.9. The number of thioether (sulfide) groups is 1. The van der Waals surface area contributed by atoms with Gasteiger partial charge in [-0.1, -0.05) is 66.2 Å². The van der Waals surface area contributed by atoms with E-state index in [0.717, 1.165) is 52.6 Å². The van der Waals surface area contributed by atoms with Crippen LogP contribution < -0.4 is 5.32 Å². The largest absolute Gasteiger partial charge is 0.370 e. The Morgan fingerprint density at radius 3 is 2.44 bits per heavy atom. The maximum absolute atomic E-state index is 5.13. The van der Waals surface area contributed by atoms with Crippen LogP contribution in [0.1, 0.15) is 17.5 Å². The van der Waals surface area contributed by atoms with Gasteiger partial charge in [0.05, 0.1) is 10.6 Å². The van der Waals surface area contributed by atoms with Crippen LogP contribution in [0.15, 0.2) is 102 Å². The number of rotatable bonds is 9. The number of anilines is 1. The molecule has 5 rings (SSSR count). The van der Waals surface area contributed by atoms with Crippen LogP contribution in [-0.2, 0) is 6.42 Å². The summed E-state index contributed by atoms with van der Waals surface area (Å²) in [6.45, 7) is 3.01. The highest BCUT2D eigenvalue weighted by molar-refractivity contribution is 7.98. The van der Waals surface area contributed by atoms with Gasteiger partial charge in [0.25, 0.3) is 0 Å². The van der Waals surface area contributed by atoms with Crippen LogP contribution in [0.3, 0.4) is 0 Å². The summed E-state index contributed by atoms with van der Waals surface area (Å²) in [5.41, 5.74) is 7.04. The number of aryl methyl sites for hydroxylation is 2. The van der Waals surface area contributed by atoms with Crippen molar-refractivity contribution in [2.75, 3.05) is 18.1 Å². The molecular formula is C31H29N3S2. The first-order valence-corrected chi connectivity index (χ1v) is 14.2. The Bertz CT molecular complexity index is 1430. The molecular weight excluding hydrogens is 478 g/mol. The predicted molar refractivity (Wildman–Crippen MR) is 156 cm³/mol. The van der Waals surface area contributed by atoms with E-state index < -0.39 is 0 Å². The molecule has 0 radical (unpaired) electrons. The Labute approximate surface area is 221 Å². The van der Waals surface area contributed by atoms with Gasteiger partial charge in [0.1, 0.15) is 10.8 Å². The summed E-state index contributed by atoms with van der Waals surface area (Å²) < 4.78 is 0. The van der Waals surface area contributed by atoms with Gasteiger partial charge in [-0.2, -0.15) is 0 Å². The standard InChI is InChI=1S/C31H29N3S2/c1-22-8-6-12-25(20-22)29-30(36-31(34-29)24-13-15-27(35-2)16-14-24)26-17-19-33-28(21-26)32-18-7-11-23-9-4-3-5-10-23/h3-6,8-10,12-17,19-21H,7,11,18H2,1-2H3,(H,32,33). The van der Waals surface area contributed by atoms with Crippen molar-refractivity contribution < 1.29 is 0 Å². The van der Waals surface area contributed by atoms with E-state index in [1.165, 1.54) is 20.9 Å². The van der Waals surface area contributed by atoms with Gasteiger partial charge >= 0.3 is 0 Å². The molecule has 0 atom stereocenters. The van der Waals surface area contributed by atoms with Crippen LogP contribution >= 0.6 is 23.1 Å². The van der Waals surface area contributed by atoms with Gasteiger partial charge in [-0.05, 0) is 67.5 Å². The molecule has 0 unspecified atom stereocenters. The SMILES string of the molecule is CSc1ccc(-c2nc(-c3cccc(C)c3)c(-c3ccnc(NCCCc4ccccc4)c3)s2)cc1. The number of pyridine rings is 1. The molecule has 0 bridgehead atoms. The fraction of sp³-hybridized carbons (Fsp3) is 0.161. The molecule has 0 saturated heterocycles. The highest BCUT2D eigenvalue weighted by atomic mass is 32.2. The average molecular weight is 508 g/mol. The second-order valence-electron chi connectivity index (χ2n) is 8.74. The average Bonchev–Trinajstić information content (AvgIpc) is 3.38. The van der Waals surface area contributed by atoms with Gasteiger partial charge in [0.2, 0.25) is 0 Å². The van der Waals surface area contributed by atoms with Crippen molar-refractivity contribution in [2.24, 2.45) is 0 Å². The molecule has 180 valence electrons. The minimum absolute atomic E-state index is 0.881. The maximum atomic E-state index is 5.13. The number of benzene rings is 3. The van der Waals surface area contributed by atoms with Crippen LogP contribution in [-0.4, -0.2) is 22.8 Å². The van der Waals surface area contributed by atoms with Crippen LogP contribution in [0.2, 0.25) is 0 Å². The van der Waals surface area contributed by atoms with E-state index in [1.54, 1.807) is 23.1 Å². The third-order valence-electron chi connectivity index (χ3n) is 6.07. The van der Waals surface area contributed by atoms with Crippen LogP contribution in [0.4, 0.5) is 5.82 Å². The zero-order valence-corrected chi connectivity index (χ0v) is 22.2. The van der Waals surface area contributed by atoms with Gasteiger partial charge in [-0.15, -0.1) is 23.1 Å². The van der Waals surface area contributed by atoms with E-state index in [2.05, 4.69) is 114 Å². The van der Waals surface area contributed by atoms with Gasteiger partial charge < -0.3 is 5.32 Å². The van der Waals surface area contributed by atoms with E-state index in [9.17, 15) is 0 Å². The Morgan fingerprint density at radius 1 is 0.833 bits per heavy atom. The molecule has 2 heterocycles. The summed E-state index contributed by atoms with van der Waals surface area (Å²) in [5.74, 6) is 0.898. The summed E-state index contributed by atoms with van der Waals surface area (Å²) in [7, 11) is 0. The predicted octanol–water partition coefficient (Wildman–Crippen LogP) is 8.61. The van der Waals surface area contributed by atoms with Crippen molar-refractivity contribution in [1.29, 1.82) is 0 Å². The molecule has 1 N–H and O–H groups in total. The molecule has 0 aliphatic rings. The van der Waals surface area contributed by atoms with Gasteiger partial charge in [-0.25, -0.2) is 9.97 Å². The molecule has 5 heteroatoms. The molecule has 3 aromatic carbocycles. The zero-order chi connectivity index (χ0) is 24.7. The number of nitrogens with one attached hydrogen (secondary N) is 1. The van der Waals surface area contributed by atoms with Gasteiger partial charge in [0.15, 0.2) is 0 Å². The number of hydrogen-bond donors (Lipinski definition) is 1. The van der Waals surface area contributed by atoms with Crippen molar-refractivity contribution in [1.82, 2.24) is 9.97 Å².